The molecule has 0 aliphatic heterocycles. The van der Waals surface area contributed by atoms with Crippen molar-refractivity contribution in [3.63, 3.8) is 0 Å². The van der Waals surface area contributed by atoms with E-state index in [1.807, 2.05) is 31.2 Å². The van der Waals surface area contributed by atoms with E-state index >= 15 is 0 Å². The van der Waals surface area contributed by atoms with Crippen LogP contribution in [0.4, 0.5) is 13.2 Å². The first kappa shape index (κ1) is 21.0. The Labute approximate surface area is 166 Å². The number of hydrogen-bond donors (Lipinski definition) is 2. The van der Waals surface area contributed by atoms with Gasteiger partial charge < -0.3 is 10.4 Å². The Bertz CT molecular complexity index is 943. The highest BCUT2D eigenvalue weighted by Gasteiger charge is 2.41. The Hall–Kier alpha value is -2.74. The van der Waals surface area contributed by atoms with Crippen LogP contribution in [0.3, 0.4) is 0 Å². The van der Waals surface area contributed by atoms with Crippen molar-refractivity contribution in [3.8, 4) is 0 Å². The second-order valence-corrected chi connectivity index (χ2v) is 7.35. The molecule has 0 fully saturated rings. The van der Waals surface area contributed by atoms with Gasteiger partial charge in [-0.3, -0.25) is 9.79 Å². The van der Waals surface area contributed by atoms with Crippen LogP contribution in [0.1, 0.15) is 48.3 Å². The summed E-state index contributed by atoms with van der Waals surface area (Å²) in [6.07, 6.45) is -2.90. The van der Waals surface area contributed by atoms with Crippen molar-refractivity contribution in [2.24, 2.45) is 4.99 Å². The van der Waals surface area contributed by atoms with E-state index in [-0.39, 0.29) is 18.1 Å². The Balaban J connectivity index is 2.26. The second kappa shape index (κ2) is 7.94. The number of nitrogens with zero attached hydrogens (tertiary/aromatic N) is 2. The van der Waals surface area contributed by atoms with Crippen LogP contribution in [0.15, 0.2) is 41.4 Å². The van der Waals surface area contributed by atoms with Crippen LogP contribution < -0.4 is 5.32 Å². The fraction of sp³-hybridized carbons (Fsp3) is 0.381. The van der Waals surface area contributed by atoms with Crippen LogP contribution in [0.5, 0.6) is 0 Å². The molecule has 1 amide bonds. The molecular weight excluding hydrogens is 383 g/mol. The van der Waals surface area contributed by atoms with Gasteiger partial charge in [0.25, 0.3) is 0 Å². The van der Waals surface area contributed by atoms with E-state index in [0.29, 0.717) is 24.8 Å². The number of aromatic nitrogens is 1. The number of hydrogen-bond acceptors (Lipinski definition) is 4. The molecule has 154 valence electrons. The number of alkyl halides is 3. The Morgan fingerprint density at radius 3 is 2.72 bits per heavy atom. The highest BCUT2D eigenvalue weighted by Crippen LogP contribution is 2.45. The van der Waals surface area contributed by atoms with Crippen LogP contribution >= 0.6 is 0 Å². The highest BCUT2D eigenvalue weighted by molar-refractivity contribution is 6.05. The molecule has 2 atom stereocenters. The number of amidine groups is 1. The van der Waals surface area contributed by atoms with Crippen molar-refractivity contribution in [1.29, 1.82) is 0 Å². The third kappa shape index (κ3) is 4.03. The van der Waals surface area contributed by atoms with Gasteiger partial charge in [-0.15, -0.1) is 0 Å². The summed E-state index contributed by atoms with van der Waals surface area (Å²) in [5.41, 5.74) is 0.711. The number of carbonyl (C=O) groups is 1. The number of rotatable bonds is 5. The van der Waals surface area contributed by atoms with Crippen LogP contribution in [0, 0.1) is 0 Å². The molecule has 5 nitrogen and oxygen atoms in total. The largest absolute Gasteiger partial charge is 0.433 e. The van der Waals surface area contributed by atoms with Crippen molar-refractivity contribution in [2.75, 3.05) is 6.61 Å². The average Bonchev–Trinajstić information content (AvgIpc) is 3.04. The minimum absolute atomic E-state index is 0.0865. The van der Waals surface area contributed by atoms with Crippen LogP contribution in [-0.2, 0) is 22.8 Å². The van der Waals surface area contributed by atoms with E-state index in [1.165, 1.54) is 6.07 Å². The Morgan fingerprint density at radius 1 is 1.34 bits per heavy atom. The van der Waals surface area contributed by atoms with Gasteiger partial charge in [0.15, 0.2) is 0 Å². The van der Waals surface area contributed by atoms with E-state index in [2.05, 4.69) is 15.3 Å². The summed E-state index contributed by atoms with van der Waals surface area (Å²) in [6, 6.07) is 9.23. The van der Waals surface area contributed by atoms with E-state index in [0.717, 1.165) is 17.2 Å². The van der Waals surface area contributed by atoms with Crippen LogP contribution in [-0.4, -0.2) is 35.0 Å². The Morgan fingerprint density at radius 2 is 2.07 bits per heavy atom. The van der Waals surface area contributed by atoms with Gasteiger partial charge in [-0.2, -0.15) is 13.2 Å². The fourth-order valence-electron chi connectivity index (χ4n) is 3.77. The number of nitrogens with one attached hydrogen (secondary N) is 1. The molecule has 1 unspecified atom stereocenters. The van der Waals surface area contributed by atoms with E-state index in [4.69, 9.17) is 0 Å². The summed E-state index contributed by atoms with van der Waals surface area (Å²) in [5.74, 6) is 0.0865. The molecule has 1 aliphatic rings. The maximum absolute atomic E-state index is 13.4. The van der Waals surface area contributed by atoms with Crippen molar-refractivity contribution >= 4 is 12.2 Å². The number of aliphatic imine (C=N–C) groups is 1. The van der Waals surface area contributed by atoms with Gasteiger partial charge in [0, 0.05) is 11.0 Å². The molecule has 0 radical (unpaired) electrons. The molecule has 1 aromatic carbocycles. The predicted octanol–water partition coefficient (Wildman–Crippen LogP) is 3.23. The number of aliphatic hydroxyl groups excluding tert-OH is 1. The van der Waals surface area contributed by atoms with Crippen molar-refractivity contribution in [2.45, 2.75) is 44.3 Å². The van der Waals surface area contributed by atoms with Gasteiger partial charge in [0.05, 0.1) is 18.3 Å². The first-order chi connectivity index (χ1) is 13.7. The molecule has 8 heteroatoms. The maximum Gasteiger partial charge on any atom is 0.433 e. The molecule has 0 spiro atoms. The van der Waals surface area contributed by atoms with Gasteiger partial charge in [0.1, 0.15) is 11.5 Å². The average molecular weight is 405 g/mol. The van der Waals surface area contributed by atoms with Crippen molar-refractivity contribution in [1.82, 2.24) is 10.3 Å². The molecule has 0 saturated heterocycles. The maximum atomic E-state index is 13.4. The third-order valence-electron chi connectivity index (χ3n) is 5.28. The smallest absolute Gasteiger partial charge is 0.394 e. The summed E-state index contributed by atoms with van der Waals surface area (Å²) in [5, 5.41) is 11.8. The van der Waals surface area contributed by atoms with Crippen LogP contribution in [0.2, 0.25) is 0 Å². The second-order valence-electron chi connectivity index (χ2n) is 7.35. The number of aliphatic hydroxyl groups is 1. The number of pyridine rings is 1. The van der Waals surface area contributed by atoms with Crippen molar-refractivity contribution < 1.29 is 23.1 Å². The van der Waals surface area contributed by atoms with E-state index < -0.39 is 23.3 Å². The van der Waals surface area contributed by atoms with Gasteiger partial charge in [-0.05, 0) is 49.9 Å². The van der Waals surface area contributed by atoms with Gasteiger partial charge in [-0.25, -0.2) is 4.98 Å². The van der Waals surface area contributed by atoms with Gasteiger partial charge in [-0.1, -0.05) is 24.3 Å². The van der Waals surface area contributed by atoms with E-state index in [1.54, 1.807) is 6.92 Å². The molecule has 2 aromatic rings. The lowest BCUT2D eigenvalue weighted by Crippen LogP contribution is -2.32. The quantitative estimate of drug-likeness (QED) is 0.456. The zero-order chi connectivity index (χ0) is 21.2. The molecule has 0 saturated carbocycles. The number of halogens is 3. The SMILES string of the molecule is C[C@@H](CO)N=C(NC=O)c1ccc(C(F)(F)F)nc1C1(C)CCc2ccccc21. The predicted molar refractivity (Wildman–Crippen MR) is 103 cm³/mol. The number of benzene rings is 1. The number of aryl methyl sites for hydroxylation is 1. The normalized spacial score (nSPS) is 20.3. The fourth-order valence-corrected chi connectivity index (χ4v) is 3.77. The zero-order valence-electron chi connectivity index (χ0n) is 16.1. The molecule has 1 heterocycles. The lowest BCUT2D eigenvalue weighted by Gasteiger charge is -2.28. The summed E-state index contributed by atoms with van der Waals surface area (Å²) in [7, 11) is 0. The van der Waals surface area contributed by atoms with E-state index in [9.17, 15) is 23.1 Å². The topological polar surface area (TPSA) is 74.6 Å². The summed E-state index contributed by atoms with van der Waals surface area (Å²) in [4.78, 5) is 19.4. The minimum atomic E-state index is -4.60. The third-order valence-corrected chi connectivity index (χ3v) is 5.28. The minimum Gasteiger partial charge on any atom is -0.394 e. The monoisotopic (exact) mass is 405 g/mol. The highest BCUT2D eigenvalue weighted by atomic mass is 19.4. The molecule has 1 aliphatic carbocycles. The molecule has 1 aromatic heterocycles. The number of amides is 1. The first-order valence-electron chi connectivity index (χ1n) is 9.27. The number of carbonyl (C=O) groups excluding carboxylic acids is 1. The molecule has 3 rings (SSSR count). The van der Waals surface area contributed by atoms with Gasteiger partial charge >= 0.3 is 6.18 Å². The molecule has 2 N–H and O–H groups in total. The van der Waals surface area contributed by atoms with Crippen molar-refractivity contribution in [3.05, 3.63) is 64.5 Å². The summed E-state index contributed by atoms with van der Waals surface area (Å²) < 4.78 is 40.3. The molecule has 29 heavy (non-hydrogen) atoms. The molecule has 0 bridgehead atoms. The number of fused-ring (bicyclic) bond motifs is 1. The summed E-state index contributed by atoms with van der Waals surface area (Å²) in [6.45, 7) is 3.22. The first-order valence-corrected chi connectivity index (χ1v) is 9.27. The molecular formula is C21H22F3N3O2. The zero-order valence-corrected chi connectivity index (χ0v) is 16.1. The lowest BCUT2D eigenvalue weighted by atomic mass is 9.78. The Kier molecular flexibility index (Phi) is 5.75. The summed E-state index contributed by atoms with van der Waals surface area (Å²) >= 11 is 0. The van der Waals surface area contributed by atoms with Gasteiger partial charge in [0.2, 0.25) is 6.41 Å². The standard InChI is InChI=1S/C21H22F3N3O2/c1-13(11-28)26-19(25-12-29)15-7-8-17(21(22,23)24)27-18(15)20(2)10-9-14-5-3-4-6-16(14)20/h3-8,12-13,28H,9-11H2,1-2H3,(H,25,26,29)/t13-,20?/m0/s1. The van der Waals surface area contributed by atoms with Crippen LogP contribution in [0.25, 0.3) is 0 Å². The lowest BCUT2D eigenvalue weighted by molar-refractivity contribution is -0.141.